The summed E-state index contributed by atoms with van der Waals surface area (Å²) in [6.07, 6.45) is 9.16. The summed E-state index contributed by atoms with van der Waals surface area (Å²) in [5.74, 6) is 2.33. The maximum absolute atomic E-state index is 4.55. The highest BCUT2D eigenvalue weighted by molar-refractivity contribution is 8.00. The minimum atomic E-state index is 0.493. The Morgan fingerprint density at radius 2 is 2.21 bits per heavy atom. The summed E-state index contributed by atoms with van der Waals surface area (Å²) < 4.78 is 0.493. The van der Waals surface area contributed by atoms with E-state index in [1.54, 1.807) is 11.3 Å². The first-order valence-corrected chi connectivity index (χ1v) is 11.1. The molecule has 2 fully saturated rings. The first kappa shape index (κ1) is 18.1. The summed E-state index contributed by atoms with van der Waals surface area (Å²) >= 11 is 3.99. The molecule has 0 atom stereocenters. The summed E-state index contributed by atoms with van der Waals surface area (Å²) in [6, 6.07) is 0. The number of aliphatic imine (C=N–C) groups is 1. The third kappa shape index (κ3) is 4.66. The lowest BCUT2D eigenvalue weighted by molar-refractivity contribution is 0.293. The number of thioether (sulfide) groups is 1. The van der Waals surface area contributed by atoms with E-state index in [1.165, 1.54) is 49.4 Å². The number of nitrogens with one attached hydrogen (secondary N) is 1. The minimum Gasteiger partial charge on any atom is -0.356 e. The number of rotatable bonds is 4. The molecule has 0 bridgehead atoms. The van der Waals surface area contributed by atoms with E-state index in [0.717, 1.165) is 37.6 Å². The summed E-state index contributed by atoms with van der Waals surface area (Å²) in [6.45, 7) is 5.33. The number of aromatic nitrogens is 1. The Kier molecular flexibility index (Phi) is 6.44. The molecule has 134 valence electrons. The van der Waals surface area contributed by atoms with E-state index in [0.29, 0.717) is 4.75 Å². The van der Waals surface area contributed by atoms with Gasteiger partial charge in [0.2, 0.25) is 0 Å². The van der Waals surface area contributed by atoms with Crippen molar-refractivity contribution in [3.05, 3.63) is 16.1 Å². The zero-order valence-electron chi connectivity index (χ0n) is 15.0. The predicted molar refractivity (Wildman–Crippen MR) is 106 cm³/mol. The minimum absolute atomic E-state index is 0.493. The monoisotopic (exact) mass is 366 g/mol. The first-order chi connectivity index (χ1) is 11.7. The van der Waals surface area contributed by atoms with Crippen LogP contribution in [0.2, 0.25) is 0 Å². The molecular formula is C18H30N4S2. The van der Waals surface area contributed by atoms with Crippen molar-refractivity contribution in [1.82, 2.24) is 15.2 Å². The number of hydrogen-bond donors (Lipinski definition) is 1. The van der Waals surface area contributed by atoms with Gasteiger partial charge in [0, 0.05) is 54.7 Å². The Balaban J connectivity index is 1.46. The second-order valence-corrected chi connectivity index (χ2v) is 9.48. The van der Waals surface area contributed by atoms with E-state index in [4.69, 9.17) is 0 Å². The molecule has 2 aliphatic rings. The third-order valence-electron chi connectivity index (χ3n) is 5.04. The van der Waals surface area contributed by atoms with Crippen molar-refractivity contribution in [2.75, 3.05) is 32.4 Å². The highest BCUT2D eigenvalue weighted by Crippen LogP contribution is 2.42. The molecule has 2 heterocycles. The third-order valence-corrected chi connectivity index (χ3v) is 7.60. The molecule has 1 aromatic rings. The van der Waals surface area contributed by atoms with E-state index in [2.05, 4.69) is 44.3 Å². The van der Waals surface area contributed by atoms with Gasteiger partial charge in [0.05, 0.1) is 5.01 Å². The molecule has 0 aromatic carbocycles. The lowest BCUT2D eigenvalue weighted by Gasteiger charge is -2.45. The van der Waals surface area contributed by atoms with Gasteiger partial charge in [-0.1, -0.05) is 19.3 Å². The van der Waals surface area contributed by atoms with Crippen LogP contribution in [0.4, 0.5) is 0 Å². The average Bonchev–Trinajstić information content (AvgIpc) is 3.01. The Labute approximate surface area is 154 Å². The normalized spacial score (nSPS) is 21.2. The van der Waals surface area contributed by atoms with Crippen molar-refractivity contribution in [3.8, 4) is 0 Å². The molecule has 24 heavy (non-hydrogen) atoms. The van der Waals surface area contributed by atoms with Gasteiger partial charge in [0.25, 0.3) is 0 Å². The molecule has 1 saturated heterocycles. The topological polar surface area (TPSA) is 40.5 Å². The van der Waals surface area contributed by atoms with Crippen LogP contribution < -0.4 is 5.32 Å². The second-order valence-electron chi connectivity index (χ2n) is 6.97. The fraction of sp³-hybridized carbons (Fsp3) is 0.778. The van der Waals surface area contributed by atoms with Crippen molar-refractivity contribution in [3.63, 3.8) is 0 Å². The SMILES string of the molecule is CN=C(NCCCc1nc(C)cs1)N1CCSC2(CCCCC2)C1. The van der Waals surface area contributed by atoms with Gasteiger partial charge >= 0.3 is 0 Å². The molecule has 0 unspecified atom stereocenters. The molecule has 1 spiro atoms. The molecule has 1 N–H and O–H groups in total. The fourth-order valence-corrected chi connectivity index (χ4v) is 6.20. The van der Waals surface area contributed by atoms with Crippen molar-refractivity contribution in [1.29, 1.82) is 0 Å². The summed E-state index contributed by atoms with van der Waals surface area (Å²) in [7, 11) is 1.92. The van der Waals surface area contributed by atoms with E-state index >= 15 is 0 Å². The Morgan fingerprint density at radius 3 is 2.92 bits per heavy atom. The molecule has 3 rings (SSSR count). The largest absolute Gasteiger partial charge is 0.356 e. The molecule has 6 heteroatoms. The van der Waals surface area contributed by atoms with Gasteiger partial charge in [-0.25, -0.2) is 4.98 Å². The van der Waals surface area contributed by atoms with Crippen molar-refractivity contribution < 1.29 is 0 Å². The number of guanidine groups is 1. The van der Waals surface area contributed by atoms with Crippen LogP contribution in [0.15, 0.2) is 10.4 Å². The van der Waals surface area contributed by atoms with Crippen LogP contribution >= 0.6 is 23.1 Å². The zero-order valence-corrected chi connectivity index (χ0v) is 16.6. The maximum atomic E-state index is 4.55. The standard InChI is InChI=1S/C18H30N4S2/c1-15-13-23-16(21-15)7-6-10-20-17(19-2)22-11-12-24-18(14-22)8-4-3-5-9-18/h13H,3-12,14H2,1-2H3,(H,19,20). The smallest absolute Gasteiger partial charge is 0.193 e. The number of nitrogens with zero attached hydrogens (tertiary/aromatic N) is 3. The van der Waals surface area contributed by atoms with Crippen LogP contribution in [0, 0.1) is 6.92 Å². The number of aryl methyl sites for hydroxylation is 2. The van der Waals surface area contributed by atoms with Crippen LogP contribution in [-0.4, -0.2) is 53.0 Å². The summed E-state index contributed by atoms with van der Waals surface area (Å²) in [4.78, 5) is 11.6. The van der Waals surface area contributed by atoms with Gasteiger partial charge in [0.15, 0.2) is 5.96 Å². The Bertz CT molecular complexity index is 543. The van der Waals surface area contributed by atoms with E-state index in [-0.39, 0.29) is 0 Å². The van der Waals surface area contributed by atoms with Crippen molar-refractivity contribution in [2.45, 2.75) is 56.6 Å². The van der Waals surface area contributed by atoms with E-state index < -0.39 is 0 Å². The van der Waals surface area contributed by atoms with Gasteiger partial charge in [-0.15, -0.1) is 11.3 Å². The average molecular weight is 367 g/mol. The highest BCUT2D eigenvalue weighted by atomic mass is 32.2. The maximum Gasteiger partial charge on any atom is 0.193 e. The number of hydrogen-bond acceptors (Lipinski definition) is 4. The fourth-order valence-electron chi connectivity index (χ4n) is 3.81. The molecule has 1 aliphatic carbocycles. The van der Waals surface area contributed by atoms with Gasteiger partial charge in [-0.05, 0) is 26.2 Å². The molecule has 1 aromatic heterocycles. The lowest BCUT2D eigenvalue weighted by atomic mass is 9.87. The highest BCUT2D eigenvalue weighted by Gasteiger charge is 2.38. The van der Waals surface area contributed by atoms with Gasteiger partial charge in [-0.2, -0.15) is 11.8 Å². The molecule has 0 amide bonds. The lowest BCUT2D eigenvalue weighted by Crippen LogP contribution is -2.53. The quantitative estimate of drug-likeness (QED) is 0.501. The van der Waals surface area contributed by atoms with Crippen LogP contribution in [0.3, 0.4) is 0 Å². The van der Waals surface area contributed by atoms with Gasteiger partial charge in [-0.3, -0.25) is 4.99 Å². The molecule has 4 nitrogen and oxygen atoms in total. The second kappa shape index (κ2) is 8.56. The van der Waals surface area contributed by atoms with E-state index in [9.17, 15) is 0 Å². The molecule has 1 aliphatic heterocycles. The predicted octanol–water partition coefficient (Wildman–Crippen LogP) is 3.71. The van der Waals surface area contributed by atoms with E-state index in [1.807, 2.05) is 7.05 Å². The van der Waals surface area contributed by atoms with Crippen molar-refractivity contribution >= 4 is 29.1 Å². The molecule has 0 radical (unpaired) electrons. The van der Waals surface area contributed by atoms with Crippen LogP contribution in [0.25, 0.3) is 0 Å². The number of thiazole rings is 1. The van der Waals surface area contributed by atoms with Crippen LogP contribution in [-0.2, 0) is 6.42 Å². The summed E-state index contributed by atoms with van der Waals surface area (Å²) in [5, 5.41) is 6.97. The molecule has 1 saturated carbocycles. The van der Waals surface area contributed by atoms with Gasteiger partial charge < -0.3 is 10.2 Å². The Morgan fingerprint density at radius 1 is 1.38 bits per heavy atom. The van der Waals surface area contributed by atoms with Crippen LogP contribution in [0.5, 0.6) is 0 Å². The molecular weight excluding hydrogens is 336 g/mol. The summed E-state index contributed by atoms with van der Waals surface area (Å²) in [5.41, 5.74) is 1.14. The Hall–Kier alpha value is -0.750. The van der Waals surface area contributed by atoms with Gasteiger partial charge in [0.1, 0.15) is 0 Å². The first-order valence-electron chi connectivity index (χ1n) is 9.21. The van der Waals surface area contributed by atoms with Crippen molar-refractivity contribution in [2.24, 2.45) is 4.99 Å². The van der Waals surface area contributed by atoms with Crippen LogP contribution in [0.1, 0.15) is 49.2 Å². The zero-order chi connectivity index (χ0) is 16.8.